The van der Waals surface area contributed by atoms with Crippen LogP contribution < -0.4 is 4.74 Å². The Labute approximate surface area is 80.7 Å². The number of carboxylic acids is 1. The van der Waals surface area contributed by atoms with E-state index in [0.29, 0.717) is 11.3 Å². The summed E-state index contributed by atoms with van der Waals surface area (Å²) in [5.74, 6) is -3.32. The van der Waals surface area contributed by atoms with E-state index in [9.17, 15) is 9.90 Å². The third-order valence-electron chi connectivity index (χ3n) is 2.33. The molecule has 0 amide bonds. The van der Waals surface area contributed by atoms with Crippen molar-refractivity contribution in [1.82, 2.24) is 0 Å². The van der Waals surface area contributed by atoms with Crippen LogP contribution in [-0.2, 0) is 4.79 Å². The van der Waals surface area contributed by atoms with Crippen LogP contribution in [0.4, 0.5) is 0 Å². The van der Waals surface area contributed by atoms with Crippen molar-refractivity contribution in [3.8, 4) is 5.75 Å². The summed E-state index contributed by atoms with van der Waals surface area (Å²) in [4.78, 5) is 10.9. The lowest BCUT2D eigenvalue weighted by molar-refractivity contribution is -0.162. The molecule has 0 aromatic heterocycles. The largest absolute Gasteiger partial charge is 0.481 e. The second-order valence-corrected chi connectivity index (χ2v) is 3.47. The van der Waals surface area contributed by atoms with E-state index in [1.807, 2.05) is 0 Å². The van der Waals surface area contributed by atoms with Crippen molar-refractivity contribution in [3.05, 3.63) is 29.8 Å². The SMILES string of the molecule is CC1(O)Oc2ccccc2C1C(=O)O. The second kappa shape index (κ2) is 2.72. The van der Waals surface area contributed by atoms with Crippen LogP contribution in [0.5, 0.6) is 5.75 Å². The Bertz CT molecular complexity index is 383. The summed E-state index contributed by atoms with van der Waals surface area (Å²) in [7, 11) is 0. The highest BCUT2D eigenvalue weighted by atomic mass is 16.6. The molecule has 0 spiro atoms. The van der Waals surface area contributed by atoms with Gasteiger partial charge in [-0.1, -0.05) is 18.2 Å². The molecule has 14 heavy (non-hydrogen) atoms. The first-order chi connectivity index (χ1) is 6.52. The van der Waals surface area contributed by atoms with Gasteiger partial charge in [-0.25, -0.2) is 0 Å². The summed E-state index contributed by atoms with van der Waals surface area (Å²) in [6.07, 6.45) is 0. The summed E-state index contributed by atoms with van der Waals surface area (Å²) in [5.41, 5.74) is 0.519. The quantitative estimate of drug-likeness (QED) is 0.698. The van der Waals surface area contributed by atoms with E-state index in [4.69, 9.17) is 9.84 Å². The number of aliphatic hydroxyl groups is 1. The fourth-order valence-electron chi connectivity index (χ4n) is 1.74. The number of hydrogen-bond acceptors (Lipinski definition) is 3. The van der Waals surface area contributed by atoms with Gasteiger partial charge in [0.05, 0.1) is 0 Å². The molecule has 2 rings (SSSR count). The minimum atomic E-state index is -1.66. The summed E-state index contributed by atoms with van der Waals surface area (Å²) in [6.45, 7) is 1.35. The topological polar surface area (TPSA) is 66.8 Å². The number of carboxylic acid groups (broad SMARTS) is 1. The molecule has 1 aliphatic rings. The molecule has 4 nitrogen and oxygen atoms in total. The van der Waals surface area contributed by atoms with E-state index >= 15 is 0 Å². The summed E-state index contributed by atoms with van der Waals surface area (Å²) < 4.78 is 5.14. The van der Waals surface area contributed by atoms with Gasteiger partial charge < -0.3 is 14.9 Å². The van der Waals surface area contributed by atoms with Gasteiger partial charge in [0.25, 0.3) is 0 Å². The number of para-hydroxylation sites is 1. The monoisotopic (exact) mass is 194 g/mol. The van der Waals surface area contributed by atoms with Crippen LogP contribution in [-0.4, -0.2) is 22.0 Å². The van der Waals surface area contributed by atoms with Crippen molar-refractivity contribution in [2.24, 2.45) is 0 Å². The molecule has 2 atom stereocenters. The normalized spacial score (nSPS) is 29.4. The van der Waals surface area contributed by atoms with Crippen LogP contribution in [0.25, 0.3) is 0 Å². The predicted octanol–water partition coefficient (Wildman–Crippen LogP) is 0.956. The standard InChI is InChI=1S/C10H10O4/c1-10(13)8(9(11)12)6-4-2-3-5-7(6)14-10/h2-5,8,13H,1H3,(H,11,12). The molecule has 0 radical (unpaired) electrons. The molecule has 2 unspecified atom stereocenters. The molecular formula is C10H10O4. The molecule has 4 heteroatoms. The Kier molecular flexibility index (Phi) is 1.75. The van der Waals surface area contributed by atoms with Crippen LogP contribution in [0, 0.1) is 0 Å². The zero-order chi connectivity index (χ0) is 10.3. The van der Waals surface area contributed by atoms with Crippen LogP contribution in [0.2, 0.25) is 0 Å². The summed E-state index contributed by atoms with van der Waals surface area (Å²) >= 11 is 0. The van der Waals surface area contributed by atoms with Gasteiger partial charge in [0.15, 0.2) is 0 Å². The number of aliphatic carboxylic acids is 1. The highest BCUT2D eigenvalue weighted by Crippen LogP contribution is 2.43. The Hall–Kier alpha value is -1.55. The average Bonchev–Trinajstić information content (AvgIpc) is 2.33. The lowest BCUT2D eigenvalue weighted by atomic mass is 9.94. The van der Waals surface area contributed by atoms with Crippen LogP contribution >= 0.6 is 0 Å². The highest BCUT2D eigenvalue weighted by molar-refractivity contribution is 5.79. The second-order valence-electron chi connectivity index (χ2n) is 3.47. The number of fused-ring (bicyclic) bond motifs is 1. The first kappa shape index (κ1) is 9.02. The third kappa shape index (κ3) is 1.15. The van der Waals surface area contributed by atoms with Crippen molar-refractivity contribution in [1.29, 1.82) is 0 Å². The van der Waals surface area contributed by atoms with E-state index < -0.39 is 17.7 Å². The Morgan fingerprint density at radius 1 is 1.50 bits per heavy atom. The minimum absolute atomic E-state index is 0.435. The van der Waals surface area contributed by atoms with Crippen molar-refractivity contribution < 1.29 is 19.7 Å². The smallest absolute Gasteiger partial charge is 0.317 e. The number of benzene rings is 1. The van der Waals surface area contributed by atoms with Crippen molar-refractivity contribution in [3.63, 3.8) is 0 Å². The van der Waals surface area contributed by atoms with Gasteiger partial charge in [-0.3, -0.25) is 4.79 Å². The van der Waals surface area contributed by atoms with E-state index in [0.717, 1.165) is 0 Å². The van der Waals surface area contributed by atoms with E-state index in [-0.39, 0.29) is 0 Å². The first-order valence-corrected chi connectivity index (χ1v) is 4.25. The average molecular weight is 194 g/mol. The zero-order valence-electron chi connectivity index (χ0n) is 7.60. The van der Waals surface area contributed by atoms with Gasteiger partial charge in [-0.2, -0.15) is 0 Å². The van der Waals surface area contributed by atoms with Gasteiger partial charge in [0.2, 0.25) is 5.79 Å². The fraction of sp³-hybridized carbons (Fsp3) is 0.300. The molecule has 0 bridgehead atoms. The number of carbonyl (C=O) groups is 1. The molecular weight excluding hydrogens is 184 g/mol. The lowest BCUT2D eigenvalue weighted by Gasteiger charge is -2.21. The third-order valence-corrected chi connectivity index (χ3v) is 2.33. The maximum atomic E-state index is 10.9. The molecule has 0 saturated carbocycles. The first-order valence-electron chi connectivity index (χ1n) is 4.25. The van der Waals surface area contributed by atoms with Crippen LogP contribution in [0.3, 0.4) is 0 Å². The highest BCUT2D eigenvalue weighted by Gasteiger charge is 2.47. The summed E-state index contributed by atoms with van der Waals surface area (Å²) in [6, 6.07) is 6.75. The van der Waals surface area contributed by atoms with Crippen LogP contribution in [0.15, 0.2) is 24.3 Å². The van der Waals surface area contributed by atoms with Crippen molar-refractivity contribution in [2.75, 3.05) is 0 Å². The van der Waals surface area contributed by atoms with Crippen LogP contribution in [0.1, 0.15) is 18.4 Å². The molecule has 0 fully saturated rings. The number of ether oxygens (including phenoxy) is 1. The Morgan fingerprint density at radius 3 is 2.79 bits per heavy atom. The van der Waals surface area contributed by atoms with Gasteiger partial charge in [0.1, 0.15) is 11.7 Å². The molecule has 74 valence electrons. The van der Waals surface area contributed by atoms with Gasteiger partial charge in [0, 0.05) is 12.5 Å². The Morgan fingerprint density at radius 2 is 2.14 bits per heavy atom. The molecule has 2 N–H and O–H groups in total. The zero-order valence-corrected chi connectivity index (χ0v) is 7.60. The number of hydrogen-bond donors (Lipinski definition) is 2. The van der Waals surface area contributed by atoms with E-state index in [1.54, 1.807) is 24.3 Å². The maximum Gasteiger partial charge on any atom is 0.317 e. The maximum absolute atomic E-state index is 10.9. The minimum Gasteiger partial charge on any atom is -0.481 e. The Balaban J connectivity index is 2.53. The van der Waals surface area contributed by atoms with Crippen molar-refractivity contribution in [2.45, 2.75) is 18.6 Å². The lowest BCUT2D eigenvalue weighted by Crippen LogP contribution is -2.38. The molecule has 1 aromatic rings. The number of rotatable bonds is 1. The fourth-order valence-corrected chi connectivity index (χ4v) is 1.74. The van der Waals surface area contributed by atoms with Gasteiger partial charge in [-0.15, -0.1) is 0 Å². The molecule has 0 saturated heterocycles. The molecule has 1 aromatic carbocycles. The molecule has 0 aliphatic carbocycles. The van der Waals surface area contributed by atoms with Gasteiger partial charge >= 0.3 is 5.97 Å². The van der Waals surface area contributed by atoms with E-state index in [2.05, 4.69) is 0 Å². The predicted molar refractivity (Wildman–Crippen MR) is 48.1 cm³/mol. The van der Waals surface area contributed by atoms with E-state index in [1.165, 1.54) is 6.92 Å². The van der Waals surface area contributed by atoms with Crippen molar-refractivity contribution >= 4 is 5.97 Å². The molecule has 1 aliphatic heterocycles. The summed E-state index contributed by atoms with van der Waals surface area (Å²) in [5, 5.41) is 18.7. The van der Waals surface area contributed by atoms with Gasteiger partial charge in [-0.05, 0) is 6.07 Å². The molecule has 1 heterocycles.